The van der Waals surface area contributed by atoms with Crippen LogP contribution in [0, 0.1) is 6.92 Å². The molecule has 0 spiro atoms. The van der Waals surface area contributed by atoms with Crippen LogP contribution < -0.4 is 5.32 Å². The Hall–Kier alpha value is -0.250. The first-order valence-electron chi connectivity index (χ1n) is 3.60. The van der Waals surface area contributed by atoms with Gasteiger partial charge >= 0.3 is 0 Å². The van der Waals surface area contributed by atoms with Crippen molar-refractivity contribution in [3.05, 3.63) is 17.5 Å². The van der Waals surface area contributed by atoms with E-state index in [1.54, 1.807) is 0 Å². The summed E-state index contributed by atoms with van der Waals surface area (Å²) in [5, 5.41) is 7.62. The molecule has 0 aromatic carbocycles. The molecule has 1 aromatic heterocycles. The Balaban J connectivity index is 0.000000605. The van der Waals surface area contributed by atoms with Crippen molar-refractivity contribution in [2.75, 3.05) is 6.54 Å². The first-order chi connectivity index (χ1) is 4.86. The van der Waals surface area contributed by atoms with Crippen LogP contribution in [0.5, 0.6) is 0 Å². The molecule has 0 saturated heterocycles. The lowest BCUT2D eigenvalue weighted by Gasteiger charge is -2.13. The Bertz CT molecular complexity index is 223. The van der Waals surface area contributed by atoms with Gasteiger partial charge in [0, 0.05) is 13.1 Å². The lowest BCUT2D eigenvalue weighted by Crippen LogP contribution is -2.28. The van der Waals surface area contributed by atoms with Crippen LogP contribution in [-0.2, 0) is 13.1 Å². The summed E-state index contributed by atoms with van der Waals surface area (Å²) in [5.41, 5.74) is 2.43. The van der Waals surface area contributed by atoms with Gasteiger partial charge in [-0.3, -0.25) is 4.68 Å². The van der Waals surface area contributed by atoms with E-state index in [9.17, 15) is 0 Å². The fraction of sp³-hybridized carbons (Fsp3) is 0.571. The molecule has 0 amide bonds. The Kier molecular flexibility index (Phi) is 4.60. The topological polar surface area (TPSA) is 29.9 Å². The molecule has 1 aliphatic rings. The molecule has 0 saturated carbocycles. The summed E-state index contributed by atoms with van der Waals surface area (Å²) in [6.07, 6.45) is 0. The quantitative estimate of drug-likeness (QED) is 0.695. The predicted octanol–water partition coefficient (Wildman–Crippen LogP) is 1.14. The maximum atomic E-state index is 4.33. The van der Waals surface area contributed by atoms with Gasteiger partial charge in [-0.2, -0.15) is 5.10 Å². The molecule has 0 radical (unpaired) electrons. The van der Waals surface area contributed by atoms with Crippen LogP contribution in [0.3, 0.4) is 0 Å². The predicted molar refractivity (Wildman–Crippen MR) is 53.2 cm³/mol. The van der Waals surface area contributed by atoms with Gasteiger partial charge in [0.25, 0.3) is 0 Å². The van der Waals surface area contributed by atoms with Crippen LogP contribution in [0.25, 0.3) is 0 Å². The minimum Gasteiger partial charge on any atom is -0.309 e. The van der Waals surface area contributed by atoms with E-state index in [1.807, 2.05) is 6.92 Å². The highest BCUT2D eigenvalue weighted by atomic mass is 35.5. The second-order valence-electron chi connectivity index (χ2n) is 2.68. The number of hydrogen-bond donors (Lipinski definition) is 1. The number of nitrogens with one attached hydrogen (secondary N) is 1. The lowest BCUT2D eigenvalue weighted by molar-refractivity contribution is 0.474. The molecule has 3 nitrogen and oxygen atoms in total. The first kappa shape index (κ1) is 11.8. The standard InChI is InChI=1S/C7H11N3.2ClH/c1-6-4-7-5-8-2-3-10(7)9-6;;/h4,8H,2-3,5H2,1H3;2*1H. The summed E-state index contributed by atoms with van der Waals surface area (Å²) in [7, 11) is 0. The molecule has 1 aliphatic heterocycles. The molecule has 0 fully saturated rings. The normalized spacial score (nSPS) is 14.1. The number of aromatic nitrogens is 2. The SMILES string of the molecule is Cc1cc2n(n1)CCNC2.Cl.Cl. The first-order valence-corrected chi connectivity index (χ1v) is 3.60. The van der Waals surface area contributed by atoms with Crippen molar-refractivity contribution < 1.29 is 0 Å². The van der Waals surface area contributed by atoms with Crippen molar-refractivity contribution in [1.82, 2.24) is 15.1 Å². The fourth-order valence-electron chi connectivity index (χ4n) is 1.34. The summed E-state index contributed by atoms with van der Waals surface area (Å²) in [6, 6.07) is 2.13. The van der Waals surface area contributed by atoms with Crippen LogP contribution >= 0.6 is 24.8 Å². The van der Waals surface area contributed by atoms with Gasteiger partial charge in [0.15, 0.2) is 0 Å². The van der Waals surface area contributed by atoms with Gasteiger partial charge in [0.1, 0.15) is 0 Å². The molecule has 70 valence electrons. The highest BCUT2D eigenvalue weighted by molar-refractivity contribution is 5.85. The molecule has 1 N–H and O–H groups in total. The third-order valence-electron chi connectivity index (χ3n) is 1.79. The van der Waals surface area contributed by atoms with Crippen molar-refractivity contribution in [3.63, 3.8) is 0 Å². The molecule has 1 aromatic rings. The largest absolute Gasteiger partial charge is 0.309 e. The van der Waals surface area contributed by atoms with E-state index in [2.05, 4.69) is 21.2 Å². The highest BCUT2D eigenvalue weighted by Crippen LogP contribution is 2.05. The molecule has 12 heavy (non-hydrogen) atoms. The number of hydrogen-bond acceptors (Lipinski definition) is 2. The zero-order valence-electron chi connectivity index (χ0n) is 6.91. The van der Waals surface area contributed by atoms with Crippen LogP contribution in [0.2, 0.25) is 0 Å². The second-order valence-corrected chi connectivity index (χ2v) is 2.68. The molecule has 2 rings (SSSR count). The van der Waals surface area contributed by atoms with Crippen LogP contribution in [-0.4, -0.2) is 16.3 Å². The number of fused-ring (bicyclic) bond motifs is 1. The monoisotopic (exact) mass is 209 g/mol. The van der Waals surface area contributed by atoms with Gasteiger partial charge in [0.05, 0.1) is 17.9 Å². The van der Waals surface area contributed by atoms with Crippen molar-refractivity contribution in [3.8, 4) is 0 Å². The maximum absolute atomic E-state index is 4.33. The molecule has 0 aliphatic carbocycles. The minimum absolute atomic E-state index is 0. The molecular weight excluding hydrogens is 197 g/mol. The van der Waals surface area contributed by atoms with Gasteiger partial charge in [-0.25, -0.2) is 0 Å². The third-order valence-corrected chi connectivity index (χ3v) is 1.79. The molecule has 5 heteroatoms. The molecule has 0 bridgehead atoms. The van der Waals surface area contributed by atoms with E-state index in [0.717, 1.165) is 25.3 Å². The summed E-state index contributed by atoms with van der Waals surface area (Å²) in [6.45, 7) is 5.07. The van der Waals surface area contributed by atoms with Crippen LogP contribution in [0.1, 0.15) is 11.4 Å². The minimum atomic E-state index is 0. The number of nitrogens with zero attached hydrogens (tertiary/aromatic N) is 2. The third kappa shape index (κ3) is 2.12. The maximum Gasteiger partial charge on any atom is 0.0597 e. The Labute approximate surface area is 84.3 Å². The highest BCUT2D eigenvalue weighted by Gasteiger charge is 2.08. The summed E-state index contributed by atoms with van der Waals surface area (Å²) in [5.74, 6) is 0. The fourth-order valence-corrected chi connectivity index (χ4v) is 1.34. The van der Waals surface area contributed by atoms with E-state index < -0.39 is 0 Å². The number of halogens is 2. The number of aryl methyl sites for hydroxylation is 1. The van der Waals surface area contributed by atoms with E-state index in [-0.39, 0.29) is 24.8 Å². The zero-order chi connectivity index (χ0) is 6.97. The van der Waals surface area contributed by atoms with Crippen LogP contribution in [0.15, 0.2) is 6.07 Å². The van der Waals surface area contributed by atoms with E-state index in [1.165, 1.54) is 5.69 Å². The molecule has 0 atom stereocenters. The van der Waals surface area contributed by atoms with Gasteiger partial charge in [-0.1, -0.05) is 0 Å². The average Bonchev–Trinajstić information content (AvgIpc) is 2.27. The Morgan fingerprint density at radius 1 is 1.50 bits per heavy atom. The van der Waals surface area contributed by atoms with Gasteiger partial charge in [0.2, 0.25) is 0 Å². The van der Waals surface area contributed by atoms with Crippen molar-refractivity contribution in [1.29, 1.82) is 0 Å². The molecular formula is C7H13Cl2N3. The van der Waals surface area contributed by atoms with Gasteiger partial charge in [-0.15, -0.1) is 24.8 Å². The Morgan fingerprint density at radius 3 is 2.92 bits per heavy atom. The van der Waals surface area contributed by atoms with Crippen LogP contribution in [0.4, 0.5) is 0 Å². The van der Waals surface area contributed by atoms with Crippen molar-refractivity contribution in [2.24, 2.45) is 0 Å². The second kappa shape index (κ2) is 4.70. The van der Waals surface area contributed by atoms with Crippen molar-refractivity contribution in [2.45, 2.75) is 20.0 Å². The summed E-state index contributed by atoms with van der Waals surface area (Å²) < 4.78 is 2.08. The smallest absolute Gasteiger partial charge is 0.0597 e. The van der Waals surface area contributed by atoms with Gasteiger partial charge in [-0.05, 0) is 13.0 Å². The van der Waals surface area contributed by atoms with Gasteiger partial charge < -0.3 is 5.32 Å². The molecule has 0 unspecified atom stereocenters. The number of rotatable bonds is 0. The van der Waals surface area contributed by atoms with Crippen molar-refractivity contribution >= 4 is 24.8 Å². The van der Waals surface area contributed by atoms with E-state index in [0.29, 0.717) is 0 Å². The summed E-state index contributed by atoms with van der Waals surface area (Å²) in [4.78, 5) is 0. The summed E-state index contributed by atoms with van der Waals surface area (Å²) >= 11 is 0. The molecule has 2 heterocycles. The Morgan fingerprint density at radius 2 is 2.25 bits per heavy atom. The lowest BCUT2D eigenvalue weighted by atomic mass is 10.3. The zero-order valence-corrected chi connectivity index (χ0v) is 8.54. The van der Waals surface area contributed by atoms with E-state index in [4.69, 9.17) is 0 Å². The average molecular weight is 210 g/mol. The van der Waals surface area contributed by atoms with E-state index >= 15 is 0 Å².